The molecule has 27 heavy (non-hydrogen) atoms. The van der Waals surface area contributed by atoms with Gasteiger partial charge in [-0.2, -0.15) is 0 Å². The Labute approximate surface area is 160 Å². The van der Waals surface area contributed by atoms with Gasteiger partial charge in [0, 0.05) is 18.8 Å². The Morgan fingerprint density at radius 1 is 1.15 bits per heavy atom. The van der Waals surface area contributed by atoms with Crippen LogP contribution in [0.25, 0.3) is 0 Å². The Kier molecular flexibility index (Phi) is 5.58. The molecule has 1 saturated heterocycles. The third kappa shape index (κ3) is 4.42. The normalized spacial score (nSPS) is 18.8. The van der Waals surface area contributed by atoms with Crippen molar-refractivity contribution >= 4 is 17.3 Å². The zero-order valence-corrected chi connectivity index (χ0v) is 15.5. The summed E-state index contributed by atoms with van der Waals surface area (Å²) in [6, 6.07) is 15.9. The lowest BCUT2D eigenvalue weighted by atomic mass is 10.0. The van der Waals surface area contributed by atoms with E-state index in [1.807, 2.05) is 30.3 Å². The van der Waals surface area contributed by atoms with Crippen molar-refractivity contribution in [2.75, 3.05) is 36.5 Å². The number of nitrogens with one attached hydrogen (secondary N) is 1. The van der Waals surface area contributed by atoms with Gasteiger partial charge in [-0.25, -0.2) is 0 Å². The van der Waals surface area contributed by atoms with Crippen LogP contribution in [0.15, 0.2) is 48.5 Å². The van der Waals surface area contributed by atoms with Crippen LogP contribution >= 0.6 is 0 Å². The van der Waals surface area contributed by atoms with Gasteiger partial charge in [-0.15, -0.1) is 0 Å². The molecule has 0 spiro atoms. The van der Waals surface area contributed by atoms with Gasteiger partial charge in [-0.1, -0.05) is 30.3 Å². The van der Waals surface area contributed by atoms with Crippen LogP contribution in [0.1, 0.15) is 24.8 Å². The van der Waals surface area contributed by atoms with Crippen molar-refractivity contribution in [3.8, 4) is 5.75 Å². The summed E-state index contributed by atoms with van der Waals surface area (Å²) in [4.78, 5) is 14.8. The number of carbonyl (C=O) groups excluding carboxylic acids is 1. The second-order valence-electron chi connectivity index (χ2n) is 7.14. The summed E-state index contributed by atoms with van der Waals surface area (Å²) in [5, 5.41) is 3.02. The molecular weight excluding hydrogens is 340 g/mol. The van der Waals surface area contributed by atoms with Crippen molar-refractivity contribution in [2.45, 2.75) is 31.8 Å². The summed E-state index contributed by atoms with van der Waals surface area (Å²) in [7, 11) is 0. The van der Waals surface area contributed by atoms with Crippen LogP contribution in [0.4, 0.5) is 11.4 Å². The fourth-order valence-electron chi connectivity index (χ4n) is 3.79. The molecule has 1 amide bonds. The number of ether oxygens (including phenoxy) is 2. The quantitative estimate of drug-likeness (QED) is 0.848. The Balaban J connectivity index is 1.38. The third-order valence-electron chi connectivity index (χ3n) is 5.15. The van der Waals surface area contributed by atoms with Gasteiger partial charge in [-0.05, 0) is 49.4 Å². The highest BCUT2D eigenvalue weighted by atomic mass is 16.5. The Bertz CT molecular complexity index is 787. The number of benzene rings is 2. The van der Waals surface area contributed by atoms with E-state index in [0.717, 1.165) is 38.8 Å². The van der Waals surface area contributed by atoms with Gasteiger partial charge >= 0.3 is 0 Å². The van der Waals surface area contributed by atoms with E-state index in [1.165, 1.54) is 11.3 Å². The molecule has 1 fully saturated rings. The Morgan fingerprint density at radius 3 is 2.89 bits per heavy atom. The standard InChI is InChI=1S/C22H26N2O3/c25-22(15-24-13-5-8-17-7-1-3-11-20(17)24)23-19-10-2-4-12-21(19)27-16-18-9-6-14-26-18/h1-4,7,10-12,18H,5-6,8-9,13-16H2,(H,23,25). The SMILES string of the molecule is O=C(CN1CCCc2ccccc21)Nc1ccccc1OCC1CCCO1. The number of hydrogen-bond acceptors (Lipinski definition) is 4. The minimum atomic E-state index is -0.0279. The number of para-hydroxylation sites is 3. The van der Waals surface area contributed by atoms with E-state index in [1.54, 1.807) is 0 Å². The lowest BCUT2D eigenvalue weighted by Gasteiger charge is -2.30. The number of carbonyl (C=O) groups is 1. The summed E-state index contributed by atoms with van der Waals surface area (Å²) in [6.07, 6.45) is 4.42. The number of aryl methyl sites for hydroxylation is 1. The summed E-state index contributed by atoms with van der Waals surface area (Å²) >= 11 is 0. The van der Waals surface area contributed by atoms with Crippen molar-refractivity contribution in [1.82, 2.24) is 0 Å². The third-order valence-corrected chi connectivity index (χ3v) is 5.15. The molecule has 4 rings (SSSR count). The molecule has 2 aliphatic rings. The van der Waals surface area contributed by atoms with E-state index in [9.17, 15) is 4.79 Å². The zero-order chi connectivity index (χ0) is 18.5. The minimum Gasteiger partial charge on any atom is -0.489 e. The van der Waals surface area contributed by atoms with Gasteiger partial charge in [0.25, 0.3) is 0 Å². The molecule has 2 aromatic carbocycles. The smallest absolute Gasteiger partial charge is 0.243 e. The van der Waals surface area contributed by atoms with E-state index in [0.29, 0.717) is 24.6 Å². The Hall–Kier alpha value is -2.53. The molecule has 2 aliphatic heterocycles. The first-order chi connectivity index (χ1) is 13.3. The summed E-state index contributed by atoms with van der Waals surface area (Å²) in [5.41, 5.74) is 3.20. The maximum Gasteiger partial charge on any atom is 0.243 e. The van der Waals surface area contributed by atoms with Crippen LogP contribution in [-0.4, -0.2) is 38.3 Å². The monoisotopic (exact) mass is 366 g/mol. The van der Waals surface area contributed by atoms with Crippen molar-refractivity contribution in [1.29, 1.82) is 0 Å². The van der Waals surface area contributed by atoms with E-state index in [-0.39, 0.29) is 12.0 Å². The molecule has 0 bridgehead atoms. The largest absolute Gasteiger partial charge is 0.489 e. The fourth-order valence-corrected chi connectivity index (χ4v) is 3.79. The number of hydrogen-bond donors (Lipinski definition) is 1. The molecule has 1 N–H and O–H groups in total. The van der Waals surface area contributed by atoms with Crippen molar-refractivity contribution in [3.63, 3.8) is 0 Å². The lowest BCUT2D eigenvalue weighted by molar-refractivity contribution is -0.115. The topological polar surface area (TPSA) is 50.8 Å². The van der Waals surface area contributed by atoms with Crippen LogP contribution in [0.2, 0.25) is 0 Å². The molecule has 142 valence electrons. The first kappa shape index (κ1) is 17.9. The Morgan fingerprint density at radius 2 is 2.00 bits per heavy atom. The van der Waals surface area contributed by atoms with Gasteiger partial charge in [0.15, 0.2) is 0 Å². The predicted octanol–water partition coefficient (Wildman–Crippen LogP) is 3.64. The highest BCUT2D eigenvalue weighted by Crippen LogP contribution is 2.28. The van der Waals surface area contributed by atoms with Gasteiger partial charge in [-0.3, -0.25) is 4.79 Å². The maximum atomic E-state index is 12.7. The molecule has 0 aliphatic carbocycles. The van der Waals surface area contributed by atoms with Crippen LogP contribution in [0, 0.1) is 0 Å². The summed E-state index contributed by atoms with van der Waals surface area (Å²) in [5.74, 6) is 0.667. The highest BCUT2D eigenvalue weighted by Gasteiger charge is 2.20. The second-order valence-corrected chi connectivity index (χ2v) is 7.14. The summed E-state index contributed by atoms with van der Waals surface area (Å²) < 4.78 is 11.5. The van der Waals surface area contributed by atoms with Gasteiger partial charge < -0.3 is 19.7 Å². The molecular formula is C22H26N2O3. The first-order valence-electron chi connectivity index (χ1n) is 9.76. The van der Waals surface area contributed by atoms with Crippen molar-refractivity contribution < 1.29 is 14.3 Å². The number of anilines is 2. The molecule has 0 saturated carbocycles. The molecule has 2 heterocycles. The van der Waals surface area contributed by atoms with Crippen molar-refractivity contribution in [2.24, 2.45) is 0 Å². The molecule has 5 heteroatoms. The molecule has 0 radical (unpaired) electrons. The molecule has 5 nitrogen and oxygen atoms in total. The van der Waals surface area contributed by atoms with E-state index >= 15 is 0 Å². The van der Waals surface area contributed by atoms with E-state index in [2.05, 4.69) is 28.4 Å². The van der Waals surface area contributed by atoms with E-state index in [4.69, 9.17) is 9.47 Å². The number of rotatable bonds is 6. The molecule has 1 unspecified atom stereocenters. The average molecular weight is 366 g/mol. The van der Waals surface area contributed by atoms with Crippen LogP contribution in [-0.2, 0) is 16.0 Å². The number of amides is 1. The van der Waals surface area contributed by atoms with Crippen LogP contribution in [0.5, 0.6) is 5.75 Å². The van der Waals surface area contributed by atoms with E-state index < -0.39 is 0 Å². The van der Waals surface area contributed by atoms with Crippen LogP contribution < -0.4 is 15.0 Å². The fraction of sp³-hybridized carbons (Fsp3) is 0.409. The molecule has 2 aromatic rings. The highest BCUT2D eigenvalue weighted by molar-refractivity contribution is 5.95. The predicted molar refractivity (Wildman–Crippen MR) is 107 cm³/mol. The number of fused-ring (bicyclic) bond motifs is 1. The lowest BCUT2D eigenvalue weighted by Crippen LogP contribution is -2.36. The van der Waals surface area contributed by atoms with Crippen molar-refractivity contribution in [3.05, 3.63) is 54.1 Å². The maximum absolute atomic E-state index is 12.7. The average Bonchev–Trinajstić information content (AvgIpc) is 3.21. The van der Waals surface area contributed by atoms with Gasteiger partial charge in [0.05, 0.1) is 18.3 Å². The van der Waals surface area contributed by atoms with Gasteiger partial charge in [0.1, 0.15) is 12.4 Å². The second kappa shape index (κ2) is 8.44. The number of nitrogens with zero attached hydrogens (tertiary/aromatic N) is 1. The van der Waals surface area contributed by atoms with Gasteiger partial charge in [0.2, 0.25) is 5.91 Å². The van der Waals surface area contributed by atoms with Crippen LogP contribution in [0.3, 0.4) is 0 Å². The first-order valence-corrected chi connectivity index (χ1v) is 9.76. The minimum absolute atomic E-state index is 0.0279. The summed E-state index contributed by atoms with van der Waals surface area (Å²) in [6.45, 7) is 2.58. The zero-order valence-electron chi connectivity index (χ0n) is 15.5. The molecule has 0 aromatic heterocycles. The molecule has 1 atom stereocenters.